The van der Waals surface area contributed by atoms with Crippen molar-refractivity contribution in [1.29, 1.82) is 5.26 Å². The monoisotopic (exact) mass is 434 g/mol. The number of rotatable bonds is 5. The third-order valence-corrected chi connectivity index (χ3v) is 4.17. The molecule has 6 heteroatoms. The van der Waals surface area contributed by atoms with E-state index in [9.17, 15) is 10.1 Å². The highest BCUT2D eigenvalue weighted by molar-refractivity contribution is 14.1. The number of nitriles is 1. The molecule has 2 aromatic carbocycles. The molecule has 122 valence electrons. The summed E-state index contributed by atoms with van der Waals surface area (Å²) in [6, 6.07) is 14.4. The minimum absolute atomic E-state index is 0.0156. The lowest BCUT2D eigenvalue weighted by molar-refractivity contribution is -0.112. The van der Waals surface area contributed by atoms with Crippen LogP contribution in [0.4, 0.5) is 5.69 Å². The molecule has 0 aliphatic carbocycles. The Hall–Kier alpha value is -2.53. The molecule has 0 spiro atoms. The second-order valence-electron chi connectivity index (χ2n) is 4.71. The number of hydrogen-bond donors (Lipinski definition) is 1. The first-order valence-corrected chi connectivity index (χ1v) is 8.06. The van der Waals surface area contributed by atoms with Crippen LogP contribution < -0.4 is 14.8 Å². The molecule has 0 radical (unpaired) electrons. The van der Waals surface area contributed by atoms with Gasteiger partial charge in [0.2, 0.25) is 0 Å². The molecule has 0 aromatic heterocycles. The zero-order valence-electron chi connectivity index (χ0n) is 13.2. The van der Waals surface area contributed by atoms with Crippen molar-refractivity contribution in [2.75, 3.05) is 19.5 Å². The minimum atomic E-state index is -0.473. The first-order chi connectivity index (χ1) is 11.6. The molecule has 0 atom stereocenters. The van der Waals surface area contributed by atoms with Crippen LogP contribution in [0.5, 0.6) is 11.5 Å². The third-order valence-electron chi connectivity index (χ3n) is 3.23. The van der Waals surface area contributed by atoms with Crippen LogP contribution in [0.25, 0.3) is 6.08 Å². The van der Waals surface area contributed by atoms with E-state index in [-0.39, 0.29) is 5.57 Å². The lowest BCUT2D eigenvalue weighted by atomic mass is 10.1. The van der Waals surface area contributed by atoms with E-state index in [1.807, 2.05) is 24.3 Å². The summed E-state index contributed by atoms with van der Waals surface area (Å²) in [7, 11) is 3.07. The molecule has 0 saturated heterocycles. The van der Waals surface area contributed by atoms with Gasteiger partial charge in [-0.15, -0.1) is 0 Å². The molecule has 24 heavy (non-hydrogen) atoms. The zero-order valence-corrected chi connectivity index (χ0v) is 15.3. The Balaban J connectivity index is 2.31. The molecule has 0 heterocycles. The zero-order chi connectivity index (χ0) is 17.5. The minimum Gasteiger partial charge on any atom is -0.497 e. The van der Waals surface area contributed by atoms with Crippen LogP contribution in [0, 0.1) is 14.9 Å². The van der Waals surface area contributed by atoms with Crippen LogP contribution in [0.2, 0.25) is 0 Å². The van der Waals surface area contributed by atoms with Crippen molar-refractivity contribution in [3.05, 3.63) is 57.2 Å². The summed E-state index contributed by atoms with van der Waals surface area (Å²) in [5.41, 5.74) is 1.26. The molecule has 0 aliphatic rings. The molecule has 1 amide bonds. The Bertz CT molecular complexity index is 825. The van der Waals surface area contributed by atoms with E-state index in [0.29, 0.717) is 22.7 Å². The van der Waals surface area contributed by atoms with Crippen molar-refractivity contribution in [3.8, 4) is 17.6 Å². The number of amides is 1. The summed E-state index contributed by atoms with van der Waals surface area (Å²) in [5.74, 6) is 0.675. The number of nitrogens with zero attached hydrogens (tertiary/aromatic N) is 1. The predicted molar refractivity (Wildman–Crippen MR) is 101 cm³/mol. The molecule has 1 N–H and O–H groups in total. The molecule has 0 fully saturated rings. The smallest absolute Gasteiger partial charge is 0.266 e. The number of anilines is 1. The number of ether oxygens (including phenoxy) is 2. The standard InChI is InChI=1S/C18H15IN2O3/c1-23-14-8-7-12(17(10-14)24-2)9-13(11-20)18(22)21-16-6-4-3-5-15(16)19/h3-10H,1-2H3,(H,21,22). The summed E-state index contributed by atoms with van der Waals surface area (Å²) >= 11 is 2.12. The topological polar surface area (TPSA) is 71.3 Å². The normalized spacial score (nSPS) is 10.7. The number of carbonyl (C=O) groups excluding carboxylic acids is 1. The maximum atomic E-state index is 12.4. The SMILES string of the molecule is COc1ccc(C=C(C#N)C(=O)Nc2ccccc2I)c(OC)c1. The van der Waals surface area contributed by atoms with E-state index < -0.39 is 5.91 Å². The van der Waals surface area contributed by atoms with Gasteiger partial charge in [0, 0.05) is 15.2 Å². The number of para-hydroxylation sites is 1. The Kier molecular flexibility index (Phi) is 6.21. The van der Waals surface area contributed by atoms with Crippen LogP contribution in [-0.2, 0) is 4.79 Å². The highest BCUT2D eigenvalue weighted by Gasteiger charge is 2.13. The molecular formula is C18H15IN2O3. The largest absolute Gasteiger partial charge is 0.497 e. The molecule has 2 aromatic rings. The summed E-state index contributed by atoms with van der Waals surface area (Å²) in [6.07, 6.45) is 1.49. The fourth-order valence-electron chi connectivity index (χ4n) is 1.99. The van der Waals surface area contributed by atoms with Gasteiger partial charge in [0.15, 0.2) is 0 Å². The van der Waals surface area contributed by atoms with Crippen molar-refractivity contribution in [3.63, 3.8) is 0 Å². The Morgan fingerprint density at radius 3 is 2.58 bits per heavy atom. The maximum absolute atomic E-state index is 12.4. The van der Waals surface area contributed by atoms with Crippen molar-refractivity contribution < 1.29 is 14.3 Å². The maximum Gasteiger partial charge on any atom is 0.266 e. The van der Waals surface area contributed by atoms with E-state index in [4.69, 9.17) is 9.47 Å². The van der Waals surface area contributed by atoms with Crippen LogP contribution in [-0.4, -0.2) is 20.1 Å². The Labute approximate surface area is 154 Å². The lowest BCUT2D eigenvalue weighted by Gasteiger charge is -2.09. The van der Waals surface area contributed by atoms with Crippen molar-refractivity contribution in [2.24, 2.45) is 0 Å². The number of methoxy groups -OCH3 is 2. The van der Waals surface area contributed by atoms with Gasteiger partial charge < -0.3 is 14.8 Å². The molecule has 0 unspecified atom stereocenters. The lowest BCUT2D eigenvalue weighted by Crippen LogP contribution is -2.14. The van der Waals surface area contributed by atoms with E-state index in [1.54, 1.807) is 31.4 Å². The van der Waals surface area contributed by atoms with E-state index in [1.165, 1.54) is 13.2 Å². The summed E-state index contributed by atoms with van der Waals surface area (Å²) in [4.78, 5) is 12.4. The highest BCUT2D eigenvalue weighted by Crippen LogP contribution is 2.27. The quantitative estimate of drug-likeness (QED) is 0.441. The van der Waals surface area contributed by atoms with Crippen LogP contribution in [0.3, 0.4) is 0 Å². The summed E-state index contributed by atoms with van der Waals surface area (Å²) in [5, 5.41) is 12.1. The van der Waals surface area contributed by atoms with E-state index in [0.717, 1.165) is 3.57 Å². The van der Waals surface area contributed by atoms with Gasteiger partial charge in [-0.2, -0.15) is 5.26 Å². The molecule has 5 nitrogen and oxygen atoms in total. The fourth-order valence-corrected chi connectivity index (χ4v) is 2.52. The molecular weight excluding hydrogens is 419 g/mol. The summed E-state index contributed by atoms with van der Waals surface area (Å²) in [6.45, 7) is 0. The average Bonchev–Trinajstić information content (AvgIpc) is 2.61. The van der Waals surface area contributed by atoms with Gasteiger partial charge >= 0.3 is 0 Å². The van der Waals surface area contributed by atoms with Crippen LogP contribution in [0.1, 0.15) is 5.56 Å². The van der Waals surface area contributed by atoms with Gasteiger partial charge in [-0.3, -0.25) is 4.79 Å². The Morgan fingerprint density at radius 1 is 1.21 bits per heavy atom. The van der Waals surface area contributed by atoms with E-state index in [2.05, 4.69) is 27.9 Å². The average molecular weight is 434 g/mol. The van der Waals surface area contributed by atoms with Gasteiger partial charge in [-0.05, 0) is 52.9 Å². The number of hydrogen-bond acceptors (Lipinski definition) is 4. The predicted octanol–water partition coefficient (Wildman–Crippen LogP) is 3.85. The molecule has 0 aliphatic heterocycles. The molecule has 0 saturated carbocycles. The first-order valence-electron chi connectivity index (χ1n) is 6.98. The van der Waals surface area contributed by atoms with Crippen molar-refractivity contribution >= 4 is 40.3 Å². The first kappa shape index (κ1) is 17.8. The van der Waals surface area contributed by atoms with Crippen molar-refractivity contribution in [2.45, 2.75) is 0 Å². The molecule has 0 bridgehead atoms. The van der Waals surface area contributed by atoms with Gasteiger partial charge in [0.1, 0.15) is 23.1 Å². The van der Waals surface area contributed by atoms with Gasteiger partial charge in [-0.1, -0.05) is 12.1 Å². The van der Waals surface area contributed by atoms with E-state index >= 15 is 0 Å². The van der Waals surface area contributed by atoms with Gasteiger partial charge in [0.25, 0.3) is 5.91 Å². The molecule has 2 rings (SSSR count). The van der Waals surface area contributed by atoms with Crippen LogP contribution >= 0.6 is 22.6 Å². The highest BCUT2D eigenvalue weighted by atomic mass is 127. The number of halogens is 1. The third kappa shape index (κ3) is 4.26. The number of benzene rings is 2. The van der Waals surface area contributed by atoms with Gasteiger partial charge in [-0.25, -0.2) is 0 Å². The summed E-state index contributed by atoms with van der Waals surface area (Å²) < 4.78 is 11.3. The number of carbonyl (C=O) groups is 1. The second kappa shape index (κ2) is 8.36. The second-order valence-corrected chi connectivity index (χ2v) is 5.87. The number of nitrogens with one attached hydrogen (secondary N) is 1. The van der Waals surface area contributed by atoms with Crippen molar-refractivity contribution in [1.82, 2.24) is 0 Å². The van der Waals surface area contributed by atoms with Crippen LogP contribution in [0.15, 0.2) is 48.0 Å². The fraction of sp³-hybridized carbons (Fsp3) is 0.111. The Morgan fingerprint density at radius 2 is 1.96 bits per heavy atom. The van der Waals surface area contributed by atoms with Gasteiger partial charge in [0.05, 0.1) is 19.9 Å².